The maximum absolute atomic E-state index is 12.2. The van der Waals surface area contributed by atoms with E-state index in [9.17, 15) is 18.0 Å². The van der Waals surface area contributed by atoms with Crippen LogP contribution in [0.1, 0.15) is 19.4 Å². The first-order valence-electron chi connectivity index (χ1n) is 4.70. The summed E-state index contributed by atoms with van der Waals surface area (Å²) in [5.41, 5.74) is -4.66. The fourth-order valence-electron chi connectivity index (χ4n) is 1.25. The van der Waals surface area contributed by atoms with Crippen LogP contribution in [0.25, 0.3) is 0 Å². The highest BCUT2D eigenvalue weighted by atomic mass is 32.2. The van der Waals surface area contributed by atoms with Gasteiger partial charge in [0.25, 0.3) is 0 Å². The van der Waals surface area contributed by atoms with Crippen molar-refractivity contribution in [3.8, 4) is 0 Å². The Morgan fingerprint density at radius 1 is 1.29 bits per heavy atom. The topological polar surface area (TPSA) is 29.4 Å². The summed E-state index contributed by atoms with van der Waals surface area (Å²) in [5, 5.41) is 0. The van der Waals surface area contributed by atoms with Crippen molar-refractivity contribution in [1.82, 2.24) is 0 Å². The van der Waals surface area contributed by atoms with Crippen molar-refractivity contribution in [2.75, 3.05) is 0 Å². The molecular formula is C11H10F3NOS. The normalized spacial score (nSPS) is 12.1. The Kier molecular flexibility index (Phi) is 4.01. The number of hydrogen-bond acceptors (Lipinski definition) is 3. The molecule has 0 heterocycles. The molecule has 6 heteroatoms. The Morgan fingerprint density at radius 3 is 2.47 bits per heavy atom. The Morgan fingerprint density at radius 2 is 1.94 bits per heavy atom. The number of hydrogen-bond donors (Lipinski definition) is 0. The van der Waals surface area contributed by atoms with Gasteiger partial charge in [-0.3, -0.25) is 0 Å². The lowest BCUT2D eigenvalue weighted by molar-refractivity contribution is -0.0328. The number of aliphatic imine (C=N–C) groups is 1. The first-order valence-corrected chi connectivity index (χ1v) is 5.51. The van der Waals surface area contributed by atoms with Gasteiger partial charge >= 0.3 is 5.51 Å². The van der Waals surface area contributed by atoms with Crippen molar-refractivity contribution in [1.29, 1.82) is 0 Å². The van der Waals surface area contributed by atoms with Crippen molar-refractivity contribution >= 4 is 17.8 Å². The summed E-state index contributed by atoms with van der Waals surface area (Å²) in [6, 6.07) is 5.87. The van der Waals surface area contributed by atoms with Crippen LogP contribution < -0.4 is 0 Å². The molecule has 0 aromatic heterocycles. The van der Waals surface area contributed by atoms with E-state index in [1.165, 1.54) is 24.3 Å². The largest absolute Gasteiger partial charge is 0.446 e. The molecule has 17 heavy (non-hydrogen) atoms. The molecule has 0 aliphatic heterocycles. The fourth-order valence-corrected chi connectivity index (χ4v) is 1.85. The lowest BCUT2D eigenvalue weighted by Crippen LogP contribution is -2.13. The van der Waals surface area contributed by atoms with Crippen LogP contribution in [-0.4, -0.2) is 11.6 Å². The van der Waals surface area contributed by atoms with E-state index in [4.69, 9.17) is 0 Å². The zero-order valence-electron chi connectivity index (χ0n) is 9.21. The van der Waals surface area contributed by atoms with Crippen molar-refractivity contribution in [2.45, 2.75) is 29.8 Å². The molecule has 0 aliphatic rings. The second-order valence-electron chi connectivity index (χ2n) is 3.84. The number of carbonyl (C=O) groups excluding carboxylic acids is 1. The van der Waals surface area contributed by atoms with Crippen LogP contribution in [0, 0.1) is 0 Å². The van der Waals surface area contributed by atoms with Gasteiger partial charge in [-0.2, -0.15) is 18.2 Å². The standard InChI is InChI=1S/C11H10F3NOS/c1-10(2,15-7-16)8-4-3-5-9(6-8)17-11(12,13)14/h3-6H,1-2H3. The number of halogens is 3. The van der Waals surface area contributed by atoms with Gasteiger partial charge in [0, 0.05) is 4.90 Å². The summed E-state index contributed by atoms with van der Waals surface area (Å²) in [6.07, 6.45) is 1.42. The highest BCUT2D eigenvalue weighted by Crippen LogP contribution is 2.38. The molecule has 0 bridgehead atoms. The van der Waals surface area contributed by atoms with Crippen LogP contribution in [0.2, 0.25) is 0 Å². The van der Waals surface area contributed by atoms with Gasteiger partial charge < -0.3 is 0 Å². The van der Waals surface area contributed by atoms with Crippen LogP contribution in [0.3, 0.4) is 0 Å². The molecule has 0 N–H and O–H groups in total. The zero-order chi connectivity index (χ0) is 13.1. The lowest BCUT2D eigenvalue weighted by Gasteiger charge is -2.18. The maximum atomic E-state index is 12.2. The maximum Gasteiger partial charge on any atom is 0.446 e. The summed E-state index contributed by atoms with van der Waals surface area (Å²) in [4.78, 5) is 13.9. The highest BCUT2D eigenvalue weighted by molar-refractivity contribution is 8.00. The summed E-state index contributed by atoms with van der Waals surface area (Å²) in [7, 11) is 0. The van der Waals surface area contributed by atoms with E-state index >= 15 is 0 Å². The van der Waals surface area contributed by atoms with E-state index in [2.05, 4.69) is 4.99 Å². The SMILES string of the molecule is CC(C)(N=C=O)c1cccc(SC(F)(F)F)c1. The minimum absolute atomic E-state index is 0.0733. The van der Waals surface area contributed by atoms with E-state index in [-0.39, 0.29) is 16.7 Å². The minimum atomic E-state index is -4.32. The summed E-state index contributed by atoms with van der Waals surface area (Å²) in [5.74, 6) is 0. The predicted molar refractivity (Wildman–Crippen MR) is 59.5 cm³/mol. The Bertz CT molecular complexity index is 450. The Balaban J connectivity index is 3.05. The van der Waals surface area contributed by atoms with Crippen molar-refractivity contribution in [2.24, 2.45) is 4.99 Å². The summed E-state index contributed by atoms with van der Waals surface area (Å²) in [6.45, 7) is 3.27. The molecule has 2 nitrogen and oxygen atoms in total. The molecule has 0 amide bonds. The van der Waals surface area contributed by atoms with Gasteiger partial charge in [-0.1, -0.05) is 12.1 Å². The van der Waals surface area contributed by atoms with E-state index in [0.29, 0.717) is 5.56 Å². The van der Waals surface area contributed by atoms with E-state index in [1.54, 1.807) is 19.9 Å². The fraction of sp³-hybridized carbons (Fsp3) is 0.364. The molecule has 1 aromatic carbocycles. The number of isocyanates is 1. The Hall–Kier alpha value is -1.26. The summed E-state index contributed by atoms with van der Waals surface area (Å²) >= 11 is -0.191. The van der Waals surface area contributed by atoms with Gasteiger partial charge in [-0.25, -0.2) is 4.79 Å². The first kappa shape index (κ1) is 13.8. The number of rotatable bonds is 3. The van der Waals surface area contributed by atoms with Crippen molar-refractivity contribution in [3.63, 3.8) is 0 Å². The summed E-state index contributed by atoms with van der Waals surface area (Å²) < 4.78 is 36.6. The molecule has 0 fully saturated rings. The highest BCUT2D eigenvalue weighted by Gasteiger charge is 2.30. The van der Waals surface area contributed by atoms with Crippen LogP contribution in [0.5, 0.6) is 0 Å². The van der Waals surface area contributed by atoms with E-state index < -0.39 is 11.0 Å². The molecule has 0 radical (unpaired) electrons. The van der Waals surface area contributed by atoms with Gasteiger partial charge in [0.05, 0.1) is 5.54 Å². The molecule has 0 atom stereocenters. The number of thioether (sulfide) groups is 1. The second-order valence-corrected chi connectivity index (χ2v) is 4.98. The number of benzene rings is 1. The molecule has 0 saturated heterocycles. The Labute approximate surface area is 101 Å². The first-order chi connectivity index (χ1) is 7.74. The van der Waals surface area contributed by atoms with Crippen LogP contribution in [0.15, 0.2) is 34.2 Å². The third-order valence-electron chi connectivity index (χ3n) is 2.10. The molecule has 0 unspecified atom stereocenters. The third kappa shape index (κ3) is 4.24. The molecule has 1 rings (SSSR count). The van der Waals surface area contributed by atoms with Gasteiger partial charge in [0.15, 0.2) is 0 Å². The molecule has 0 aliphatic carbocycles. The molecule has 1 aromatic rings. The van der Waals surface area contributed by atoms with Crippen LogP contribution in [-0.2, 0) is 10.3 Å². The second kappa shape index (κ2) is 4.94. The van der Waals surface area contributed by atoms with Crippen molar-refractivity contribution < 1.29 is 18.0 Å². The average molecular weight is 261 g/mol. The molecule has 92 valence electrons. The van der Waals surface area contributed by atoms with Crippen LogP contribution in [0.4, 0.5) is 13.2 Å². The molecular weight excluding hydrogens is 251 g/mol. The van der Waals surface area contributed by atoms with Gasteiger partial charge in [-0.05, 0) is 43.3 Å². The smallest absolute Gasteiger partial charge is 0.211 e. The third-order valence-corrected chi connectivity index (χ3v) is 2.82. The van der Waals surface area contributed by atoms with Gasteiger partial charge in [0.1, 0.15) is 0 Å². The predicted octanol–water partition coefficient (Wildman–Crippen LogP) is 3.87. The minimum Gasteiger partial charge on any atom is -0.211 e. The molecule has 0 saturated carbocycles. The van der Waals surface area contributed by atoms with E-state index in [1.807, 2.05) is 0 Å². The lowest BCUT2D eigenvalue weighted by atomic mass is 9.95. The molecule has 0 spiro atoms. The van der Waals surface area contributed by atoms with Crippen LogP contribution >= 0.6 is 11.8 Å². The quantitative estimate of drug-likeness (QED) is 0.469. The van der Waals surface area contributed by atoms with E-state index in [0.717, 1.165) is 0 Å². The number of alkyl halides is 3. The van der Waals surface area contributed by atoms with Crippen molar-refractivity contribution in [3.05, 3.63) is 29.8 Å². The van der Waals surface area contributed by atoms with Gasteiger partial charge in [0.2, 0.25) is 6.08 Å². The average Bonchev–Trinajstić information content (AvgIpc) is 2.15. The van der Waals surface area contributed by atoms with Gasteiger partial charge in [-0.15, -0.1) is 0 Å². The zero-order valence-corrected chi connectivity index (χ0v) is 10.0. The monoisotopic (exact) mass is 261 g/mol. The number of nitrogens with zero attached hydrogens (tertiary/aromatic N) is 1.